The van der Waals surface area contributed by atoms with Crippen LogP contribution >= 0.6 is 15.9 Å². The van der Waals surface area contributed by atoms with Crippen LogP contribution < -0.4 is 5.32 Å². The minimum absolute atomic E-state index is 0.304. The molecule has 0 aliphatic heterocycles. The van der Waals surface area contributed by atoms with Crippen molar-refractivity contribution in [1.29, 1.82) is 0 Å². The van der Waals surface area contributed by atoms with E-state index in [2.05, 4.69) is 28.2 Å². The van der Waals surface area contributed by atoms with E-state index < -0.39 is 6.10 Å². The largest absolute Gasteiger partial charge is 0.389 e. The molecule has 2 N–H and O–H groups in total. The Kier molecular flexibility index (Phi) is 8.82. The average molecular weight is 348 g/mol. The molecule has 5 heteroatoms. The smallest absolute Gasteiger partial charge is 0.139 e. The van der Waals surface area contributed by atoms with Crippen LogP contribution in [0.1, 0.15) is 32.6 Å². The molecule has 0 radical (unpaired) electrons. The lowest BCUT2D eigenvalue weighted by Gasteiger charge is -2.13. The van der Waals surface area contributed by atoms with Crippen molar-refractivity contribution >= 4 is 21.6 Å². The van der Waals surface area contributed by atoms with Gasteiger partial charge >= 0.3 is 0 Å². The van der Waals surface area contributed by atoms with Crippen molar-refractivity contribution in [2.75, 3.05) is 25.1 Å². The van der Waals surface area contributed by atoms with Crippen LogP contribution in [0.25, 0.3) is 0 Å². The number of ether oxygens (including phenoxy) is 1. The summed E-state index contributed by atoms with van der Waals surface area (Å²) in [5, 5.41) is 12.7. The second kappa shape index (κ2) is 10.1. The van der Waals surface area contributed by atoms with E-state index in [1.165, 1.54) is 25.3 Å². The lowest BCUT2D eigenvalue weighted by molar-refractivity contribution is 0.0417. The van der Waals surface area contributed by atoms with Crippen LogP contribution in [0.15, 0.2) is 22.7 Å². The third kappa shape index (κ3) is 7.22. The van der Waals surface area contributed by atoms with E-state index >= 15 is 0 Å². The fourth-order valence-electron chi connectivity index (χ4n) is 1.75. The minimum Gasteiger partial charge on any atom is -0.389 e. The Balaban J connectivity index is 2.13. The van der Waals surface area contributed by atoms with E-state index in [4.69, 9.17) is 4.74 Å². The first kappa shape index (κ1) is 17.4. The van der Waals surface area contributed by atoms with Gasteiger partial charge in [0.1, 0.15) is 5.82 Å². The number of nitrogens with one attached hydrogen (secondary N) is 1. The molecule has 0 heterocycles. The molecule has 0 aromatic heterocycles. The second-order valence-electron chi connectivity index (χ2n) is 4.80. The van der Waals surface area contributed by atoms with Crippen molar-refractivity contribution in [1.82, 2.24) is 0 Å². The summed E-state index contributed by atoms with van der Waals surface area (Å²) < 4.78 is 19.1. The predicted molar refractivity (Wildman–Crippen MR) is 83.6 cm³/mol. The molecule has 0 aliphatic carbocycles. The van der Waals surface area contributed by atoms with Gasteiger partial charge in [-0.25, -0.2) is 4.39 Å². The average Bonchev–Trinajstić information content (AvgIpc) is 2.44. The van der Waals surface area contributed by atoms with Crippen LogP contribution in [-0.2, 0) is 4.74 Å². The van der Waals surface area contributed by atoms with Crippen molar-refractivity contribution in [3.8, 4) is 0 Å². The Morgan fingerprint density at radius 3 is 2.85 bits per heavy atom. The van der Waals surface area contributed by atoms with Gasteiger partial charge in [0.05, 0.1) is 17.2 Å². The first-order chi connectivity index (χ1) is 9.63. The summed E-state index contributed by atoms with van der Waals surface area (Å²) in [5.74, 6) is -0.323. The third-order valence-electron chi connectivity index (χ3n) is 2.91. The maximum Gasteiger partial charge on any atom is 0.139 e. The third-order valence-corrected chi connectivity index (χ3v) is 3.56. The predicted octanol–water partition coefficient (Wildman–Crippen LogP) is 3.96. The van der Waals surface area contributed by atoms with Crippen molar-refractivity contribution in [2.45, 2.75) is 38.7 Å². The van der Waals surface area contributed by atoms with E-state index in [-0.39, 0.29) is 5.82 Å². The normalized spacial score (nSPS) is 12.4. The SMILES string of the molecule is CCCCCCOCC(O)CNc1ccc(Br)c(F)c1. The van der Waals surface area contributed by atoms with Crippen molar-refractivity contribution in [3.05, 3.63) is 28.5 Å². The summed E-state index contributed by atoms with van der Waals surface area (Å²) in [6, 6.07) is 4.78. The van der Waals surface area contributed by atoms with Crippen LogP contribution in [0.2, 0.25) is 0 Å². The fraction of sp³-hybridized carbons (Fsp3) is 0.600. The number of halogens is 2. The van der Waals surface area contributed by atoms with Gasteiger partial charge < -0.3 is 15.2 Å². The molecule has 0 spiro atoms. The Morgan fingerprint density at radius 2 is 2.15 bits per heavy atom. The first-order valence-electron chi connectivity index (χ1n) is 7.08. The highest BCUT2D eigenvalue weighted by molar-refractivity contribution is 9.10. The minimum atomic E-state index is -0.590. The highest BCUT2D eigenvalue weighted by Crippen LogP contribution is 2.19. The molecule has 0 saturated carbocycles. The van der Waals surface area contributed by atoms with E-state index in [9.17, 15) is 9.50 Å². The summed E-state index contributed by atoms with van der Waals surface area (Å²) in [4.78, 5) is 0. The zero-order chi connectivity index (χ0) is 14.8. The van der Waals surface area contributed by atoms with Crippen LogP contribution in [0, 0.1) is 5.82 Å². The molecule has 0 saturated heterocycles. The number of rotatable bonds is 10. The van der Waals surface area contributed by atoms with Crippen molar-refractivity contribution < 1.29 is 14.2 Å². The molecule has 0 aliphatic rings. The van der Waals surface area contributed by atoms with Gasteiger partial charge in [0.2, 0.25) is 0 Å². The molecule has 3 nitrogen and oxygen atoms in total. The van der Waals surface area contributed by atoms with Gasteiger partial charge in [-0.15, -0.1) is 0 Å². The number of benzene rings is 1. The molecular formula is C15H23BrFNO2. The van der Waals surface area contributed by atoms with Crippen LogP contribution in [-0.4, -0.2) is 31.0 Å². The molecule has 1 aromatic carbocycles. The van der Waals surface area contributed by atoms with Crippen molar-refractivity contribution in [3.63, 3.8) is 0 Å². The Labute approximate surface area is 128 Å². The standard InChI is InChI=1S/C15H23BrFNO2/c1-2-3-4-5-8-20-11-13(19)10-18-12-6-7-14(16)15(17)9-12/h6-7,9,13,18-19H,2-5,8,10-11H2,1H3. The maximum absolute atomic E-state index is 13.3. The summed E-state index contributed by atoms with van der Waals surface area (Å²) in [6.07, 6.45) is 4.04. The monoisotopic (exact) mass is 347 g/mol. The Morgan fingerprint density at radius 1 is 1.35 bits per heavy atom. The molecular weight excluding hydrogens is 325 g/mol. The number of hydrogen-bond donors (Lipinski definition) is 2. The number of aliphatic hydroxyl groups is 1. The van der Waals surface area contributed by atoms with Gasteiger partial charge in [0, 0.05) is 18.8 Å². The van der Waals surface area contributed by atoms with Gasteiger partial charge in [-0.2, -0.15) is 0 Å². The highest BCUT2D eigenvalue weighted by atomic mass is 79.9. The van der Waals surface area contributed by atoms with Crippen LogP contribution in [0.4, 0.5) is 10.1 Å². The number of unbranched alkanes of at least 4 members (excludes halogenated alkanes) is 3. The molecule has 1 rings (SSSR count). The van der Waals surface area contributed by atoms with E-state index in [1.807, 2.05) is 0 Å². The molecule has 1 aromatic rings. The summed E-state index contributed by atoms with van der Waals surface area (Å²) in [6.45, 7) is 3.50. The molecule has 1 unspecified atom stereocenters. The fourth-order valence-corrected chi connectivity index (χ4v) is 2.00. The van der Waals surface area contributed by atoms with Gasteiger partial charge in [0.25, 0.3) is 0 Å². The lowest BCUT2D eigenvalue weighted by Crippen LogP contribution is -2.25. The molecule has 0 fully saturated rings. The molecule has 20 heavy (non-hydrogen) atoms. The van der Waals surface area contributed by atoms with Crippen LogP contribution in [0.3, 0.4) is 0 Å². The highest BCUT2D eigenvalue weighted by Gasteiger charge is 2.05. The van der Waals surface area contributed by atoms with E-state index in [0.717, 1.165) is 6.42 Å². The lowest BCUT2D eigenvalue weighted by atomic mass is 10.2. The Hall–Kier alpha value is -0.650. The van der Waals surface area contributed by atoms with Gasteiger partial charge in [-0.3, -0.25) is 0 Å². The van der Waals surface area contributed by atoms with E-state index in [0.29, 0.717) is 29.9 Å². The quantitative estimate of drug-likeness (QED) is 0.629. The van der Waals surface area contributed by atoms with Gasteiger partial charge in [0.15, 0.2) is 0 Å². The van der Waals surface area contributed by atoms with Gasteiger partial charge in [-0.05, 0) is 40.5 Å². The number of aliphatic hydroxyl groups excluding tert-OH is 1. The second-order valence-corrected chi connectivity index (χ2v) is 5.65. The summed E-state index contributed by atoms with van der Waals surface area (Å²) >= 11 is 3.10. The first-order valence-corrected chi connectivity index (χ1v) is 7.87. The Bertz CT molecular complexity index is 390. The number of hydrogen-bond acceptors (Lipinski definition) is 3. The zero-order valence-corrected chi connectivity index (χ0v) is 13.5. The summed E-state index contributed by atoms with van der Waals surface area (Å²) in [7, 11) is 0. The maximum atomic E-state index is 13.3. The molecule has 1 atom stereocenters. The zero-order valence-electron chi connectivity index (χ0n) is 11.9. The van der Waals surface area contributed by atoms with Crippen molar-refractivity contribution in [2.24, 2.45) is 0 Å². The summed E-state index contributed by atoms with van der Waals surface area (Å²) in [5.41, 5.74) is 0.646. The topological polar surface area (TPSA) is 41.5 Å². The van der Waals surface area contributed by atoms with E-state index in [1.54, 1.807) is 12.1 Å². The molecule has 114 valence electrons. The molecule has 0 amide bonds. The van der Waals surface area contributed by atoms with Crippen LogP contribution in [0.5, 0.6) is 0 Å². The number of anilines is 1. The molecule has 0 bridgehead atoms. The van der Waals surface area contributed by atoms with Gasteiger partial charge in [-0.1, -0.05) is 26.2 Å².